The molecule has 0 bridgehead atoms. The van der Waals surface area contributed by atoms with E-state index in [9.17, 15) is 9.59 Å². The molecule has 3 amide bonds. The van der Waals surface area contributed by atoms with E-state index in [1.54, 1.807) is 0 Å². The quantitative estimate of drug-likeness (QED) is 0.238. The predicted octanol–water partition coefficient (Wildman–Crippen LogP) is 2.56. The molecule has 2 fully saturated rings. The van der Waals surface area contributed by atoms with Gasteiger partial charge in [-0.05, 0) is 43.4 Å². The standard InChI is InChI=1S/C19H35N5O2.HI/c1-13(2)11-18(3,4)12-21-16(20-6)24-9-7-14(8-10-24)19(5)15(25)22-17(26)23-19;/h13-14H,7-12H2,1-6H3,(H,20,21)(H2,22,23,25,26);1H. The van der Waals surface area contributed by atoms with Crippen molar-refractivity contribution in [1.82, 2.24) is 20.9 Å². The first kappa shape index (κ1) is 24.0. The number of urea groups is 1. The lowest BCUT2D eigenvalue weighted by atomic mass is 9.79. The van der Waals surface area contributed by atoms with Gasteiger partial charge in [-0.3, -0.25) is 15.1 Å². The zero-order chi connectivity index (χ0) is 19.5. The van der Waals surface area contributed by atoms with Gasteiger partial charge in [0.15, 0.2) is 5.96 Å². The van der Waals surface area contributed by atoms with E-state index in [2.05, 4.69) is 53.5 Å². The van der Waals surface area contributed by atoms with Gasteiger partial charge in [0.05, 0.1) is 0 Å². The van der Waals surface area contributed by atoms with Crippen LogP contribution in [0.3, 0.4) is 0 Å². The van der Waals surface area contributed by atoms with E-state index in [0.717, 1.165) is 44.9 Å². The van der Waals surface area contributed by atoms with Crippen molar-refractivity contribution in [2.45, 2.75) is 59.4 Å². The molecule has 0 spiro atoms. The number of halogens is 1. The number of rotatable bonds is 5. The molecular formula is C19H36IN5O2. The molecule has 0 aromatic carbocycles. The molecule has 8 heteroatoms. The van der Waals surface area contributed by atoms with Crippen LogP contribution < -0.4 is 16.0 Å². The second kappa shape index (κ2) is 9.43. The monoisotopic (exact) mass is 493 g/mol. The number of aliphatic imine (C=N–C) groups is 1. The molecule has 3 N–H and O–H groups in total. The van der Waals surface area contributed by atoms with Gasteiger partial charge < -0.3 is 15.5 Å². The lowest BCUT2D eigenvalue weighted by Crippen LogP contribution is -2.55. The summed E-state index contributed by atoms with van der Waals surface area (Å²) in [4.78, 5) is 30.3. The minimum absolute atomic E-state index is 0. The van der Waals surface area contributed by atoms with Crippen LogP contribution in [0.5, 0.6) is 0 Å². The van der Waals surface area contributed by atoms with E-state index in [4.69, 9.17) is 0 Å². The molecule has 1 unspecified atom stereocenters. The summed E-state index contributed by atoms with van der Waals surface area (Å²) in [7, 11) is 1.82. The second-order valence-electron chi connectivity index (χ2n) is 9.03. The fourth-order valence-electron chi connectivity index (χ4n) is 4.34. The van der Waals surface area contributed by atoms with Crippen molar-refractivity contribution in [2.75, 3.05) is 26.7 Å². The number of guanidine groups is 1. The summed E-state index contributed by atoms with van der Waals surface area (Å²) < 4.78 is 0. The number of carbonyl (C=O) groups is 2. The molecule has 2 aliphatic rings. The van der Waals surface area contributed by atoms with Crippen LogP contribution in [-0.4, -0.2) is 55.0 Å². The van der Waals surface area contributed by atoms with Gasteiger partial charge in [-0.15, -0.1) is 24.0 Å². The molecule has 7 nitrogen and oxygen atoms in total. The Balaban J connectivity index is 0.00000364. The number of carbonyl (C=O) groups excluding carboxylic acids is 2. The molecule has 0 aromatic rings. The van der Waals surface area contributed by atoms with Crippen molar-refractivity contribution in [2.24, 2.45) is 22.2 Å². The van der Waals surface area contributed by atoms with Crippen LogP contribution in [0.4, 0.5) is 4.79 Å². The maximum Gasteiger partial charge on any atom is 0.322 e. The van der Waals surface area contributed by atoms with Crippen molar-refractivity contribution in [1.29, 1.82) is 0 Å². The molecule has 27 heavy (non-hydrogen) atoms. The Labute approximate surface area is 180 Å². The predicted molar refractivity (Wildman–Crippen MR) is 119 cm³/mol. The van der Waals surface area contributed by atoms with Crippen LogP contribution in [0.25, 0.3) is 0 Å². The lowest BCUT2D eigenvalue weighted by Gasteiger charge is -2.40. The molecule has 0 saturated carbocycles. The minimum Gasteiger partial charge on any atom is -0.356 e. The highest BCUT2D eigenvalue weighted by molar-refractivity contribution is 14.0. The summed E-state index contributed by atoms with van der Waals surface area (Å²) >= 11 is 0. The molecule has 1 atom stereocenters. The van der Waals surface area contributed by atoms with Crippen molar-refractivity contribution < 1.29 is 9.59 Å². The highest BCUT2D eigenvalue weighted by atomic mass is 127. The zero-order valence-corrected chi connectivity index (χ0v) is 19.8. The third-order valence-electron chi connectivity index (χ3n) is 5.58. The minimum atomic E-state index is -0.792. The van der Waals surface area contributed by atoms with Crippen LogP contribution in [0.2, 0.25) is 0 Å². The maximum absolute atomic E-state index is 12.1. The van der Waals surface area contributed by atoms with Gasteiger partial charge in [-0.25, -0.2) is 4.79 Å². The first-order valence-electron chi connectivity index (χ1n) is 9.66. The number of nitrogens with one attached hydrogen (secondary N) is 3. The van der Waals surface area contributed by atoms with Gasteiger partial charge >= 0.3 is 6.03 Å². The molecule has 2 rings (SSSR count). The van der Waals surface area contributed by atoms with Gasteiger partial charge in [0.1, 0.15) is 5.54 Å². The Kier molecular flexibility index (Phi) is 8.37. The number of hydrogen-bond acceptors (Lipinski definition) is 3. The number of piperidine rings is 1. The van der Waals surface area contributed by atoms with E-state index in [-0.39, 0.29) is 47.2 Å². The first-order valence-corrected chi connectivity index (χ1v) is 9.66. The van der Waals surface area contributed by atoms with Gasteiger partial charge in [-0.1, -0.05) is 27.7 Å². The number of imide groups is 1. The third kappa shape index (κ3) is 5.96. The fraction of sp³-hybridized carbons (Fsp3) is 0.842. The topological polar surface area (TPSA) is 85.8 Å². The Bertz CT molecular complexity index is 570. The van der Waals surface area contributed by atoms with E-state index in [0.29, 0.717) is 5.92 Å². The Morgan fingerprint density at radius 1 is 1.33 bits per heavy atom. The summed E-state index contributed by atoms with van der Waals surface area (Å²) in [6, 6.07) is -0.384. The van der Waals surface area contributed by atoms with Crippen molar-refractivity contribution in [3.63, 3.8) is 0 Å². The van der Waals surface area contributed by atoms with E-state index < -0.39 is 5.54 Å². The number of amides is 3. The average Bonchev–Trinajstić information content (AvgIpc) is 2.80. The molecule has 2 aliphatic heterocycles. The normalized spacial score (nSPS) is 24.6. The van der Waals surface area contributed by atoms with Crippen LogP contribution >= 0.6 is 24.0 Å². The zero-order valence-electron chi connectivity index (χ0n) is 17.5. The summed E-state index contributed by atoms with van der Waals surface area (Å²) in [5, 5.41) is 8.69. The Morgan fingerprint density at radius 3 is 2.37 bits per heavy atom. The molecule has 0 radical (unpaired) electrons. The molecule has 2 heterocycles. The fourth-order valence-corrected chi connectivity index (χ4v) is 4.34. The molecule has 2 saturated heterocycles. The Hall–Kier alpha value is -1.06. The lowest BCUT2D eigenvalue weighted by molar-refractivity contribution is -0.125. The Morgan fingerprint density at radius 2 is 1.93 bits per heavy atom. The van der Waals surface area contributed by atoms with E-state index >= 15 is 0 Å². The van der Waals surface area contributed by atoms with Gasteiger partial charge in [0.25, 0.3) is 5.91 Å². The van der Waals surface area contributed by atoms with Crippen molar-refractivity contribution >= 4 is 41.9 Å². The average molecular weight is 493 g/mol. The molecular weight excluding hydrogens is 457 g/mol. The summed E-state index contributed by atoms with van der Waals surface area (Å²) in [6.07, 6.45) is 2.85. The summed E-state index contributed by atoms with van der Waals surface area (Å²) in [5.74, 6) is 1.52. The summed E-state index contributed by atoms with van der Waals surface area (Å²) in [6.45, 7) is 13.4. The first-order chi connectivity index (χ1) is 12.1. The van der Waals surface area contributed by atoms with Crippen LogP contribution in [-0.2, 0) is 4.79 Å². The van der Waals surface area contributed by atoms with Crippen molar-refractivity contribution in [3.05, 3.63) is 0 Å². The second-order valence-corrected chi connectivity index (χ2v) is 9.03. The van der Waals surface area contributed by atoms with Gasteiger partial charge in [0.2, 0.25) is 0 Å². The van der Waals surface area contributed by atoms with Crippen LogP contribution in [0.15, 0.2) is 4.99 Å². The highest BCUT2D eigenvalue weighted by Crippen LogP contribution is 2.31. The SMILES string of the molecule is CN=C(NCC(C)(C)CC(C)C)N1CCC(C2(C)NC(=O)NC2=O)CC1.I. The van der Waals surface area contributed by atoms with Gasteiger partial charge in [-0.2, -0.15) is 0 Å². The number of hydrogen-bond donors (Lipinski definition) is 3. The van der Waals surface area contributed by atoms with Crippen molar-refractivity contribution in [3.8, 4) is 0 Å². The summed E-state index contributed by atoms with van der Waals surface area (Å²) in [5.41, 5.74) is -0.582. The third-order valence-corrected chi connectivity index (χ3v) is 5.58. The largest absolute Gasteiger partial charge is 0.356 e. The molecule has 0 aliphatic carbocycles. The molecule has 0 aromatic heterocycles. The number of nitrogens with zero attached hydrogens (tertiary/aromatic N) is 2. The highest BCUT2D eigenvalue weighted by Gasteiger charge is 2.48. The smallest absolute Gasteiger partial charge is 0.322 e. The van der Waals surface area contributed by atoms with E-state index in [1.807, 2.05) is 14.0 Å². The van der Waals surface area contributed by atoms with E-state index in [1.165, 1.54) is 0 Å². The van der Waals surface area contributed by atoms with Gasteiger partial charge in [0, 0.05) is 26.7 Å². The molecule has 156 valence electrons. The van der Waals surface area contributed by atoms with Crippen LogP contribution in [0, 0.1) is 17.3 Å². The van der Waals surface area contributed by atoms with Crippen LogP contribution in [0.1, 0.15) is 53.9 Å². The number of likely N-dealkylation sites (tertiary alicyclic amines) is 1. The maximum atomic E-state index is 12.1.